The molecule has 2 rings (SSSR count). The van der Waals surface area contributed by atoms with E-state index in [2.05, 4.69) is 20.6 Å². The summed E-state index contributed by atoms with van der Waals surface area (Å²) in [7, 11) is 7.50. The second-order valence-electron chi connectivity index (χ2n) is 6.27. The van der Waals surface area contributed by atoms with Crippen molar-refractivity contribution < 1.29 is 9.53 Å². The van der Waals surface area contributed by atoms with Crippen LogP contribution in [0.3, 0.4) is 0 Å². The average molecular weight is 345 g/mol. The molecular formula is C18H27N5O2. The number of likely N-dealkylation sites (N-methyl/N-ethyl adjacent to an activating group) is 1. The molecule has 7 nitrogen and oxygen atoms in total. The van der Waals surface area contributed by atoms with Crippen LogP contribution in [0.25, 0.3) is 0 Å². The second kappa shape index (κ2) is 8.64. The van der Waals surface area contributed by atoms with Crippen LogP contribution in [0.1, 0.15) is 30.2 Å². The number of benzene rings is 1. The second-order valence-corrected chi connectivity index (χ2v) is 6.27. The first-order valence-electron chi connectivity index (χ1n) is 8.23. The van der Waals surface area contributed by atoms with Crippen LogP contribution in [0.5, 0.6) is 0 Å². The fourth-order valence-electron chi connectivity index (χ4n) is 2.58. The van der Waals surface area contributed by atoms with Crippen molar-refractivity contribution in [3.63, 3.8) is 0 Å². The maximum Gasteiger partial charge on any atom is 0.319 e. The fraction of sp³-hybridized carbons (Fsp3) is 0.444. The molecule has 2 N–H and O–H groups in total. The minimum absolute atomic E-state index is 0.0199. The highest BCUT2D eigenvalue weighted by atomic mass is 16.5. The molecule has 0 aliphatic rings. The molecule has 7 heteroatoms. The van der Waals surface area contributed by atoms with E-state index in [0.717, 1.165) is 16.8 Å². The van der Waals surface area contributed by atoms with Crippen molar-refractivity contribution >= 4 is 11.7 Å². The molecule has 2 amide bonds. The highest BCUT2D eigenvalue weighted by Gasteiger charge is 2.17. The zero-order chi connectivity index (χ0) is 18.4. The molecule has 1 aromatic carbocycles. The van der Waals surface area contributed by atoms with Crippen molar-refractivity contribution in [1.29, 1.82) is 0 Å². The third-order valence-electron chi connectivity index (χ3n) is 4.16. The van der Waals surface area contributed by atoms with Gasteiger partial charge in [0.25, 0.3) is 0 Å². The van der Waals surface area contributed by atoms with E-state index in [9.17, 15) is 4.79 Å². The van der Waals surface area contributed by atoms with Gasteiger partial charge in [0.05, 0.1) is 18.3 Å². The number of anilines is 1. The summed E-state index contributed by atoms with van der Waals surface area (Å²) >= 11 is 0. The van der Waals surface area contributed by atoms with Gasteiger partial charge in [-0.3, -0.25) is 4.68 Å². The van der Waals surface area contributed by atoms with Crippen LogP contribution in [0.15, 0.2) is 36.7 Å². The Kier molecular flexibility index (Phi) is 6.55. The standard InChI is InChI=1S/C18H27N5O2/c1-13(25-5)14-7-6-8-16(9-14)21-18(24)19-11-17(22(2)3)15-10-20-23(4)12-15/h6-10,12-13,17H,11H2,1-5H3,(H2,19,21,24)/t13-,17+/m1/s1. The number of carbonyl (C=O) groups is 1. The van der Waals surface area contributed by atoms with E-state index in [4.69, 9.17) is 4.74 Å². The Morgan fingerprint density at radius 3 is 2.72 bits per heavy atom. The summed E-state index contributed by atoms with van der Waals surface area (Å²) in [5.74, 6) is 0. The molecular weight excluding hydrogens is 318 g/mol. The fourth-order valence-corrected chi connectivity index (χ4v) is 2.58. The molecule has 0 unspecified atom stereocenters. The van der Waals surface area contributed by atoms with Crippen LogP contribution < -0.4 is 10.6 Å². The maximum atomic E-state index is 12.2. The van der Waals surface area contributed by atoms with Gasteiger partial charge < -0.3 is 20.3 Å². The Labute approximate surface area is 149 Å². The monoisotopic (exact) mass is 345 g/mol. The summed E-state index contributed by atoms with van der Waals surface area (Å²) in [6, 6.07) is 7.46. The normalized spacial score (nSPS) is 13.5. The highest BCUT2D eigenvalue weighted by Crippen LogP contribution is 2.20. The molecule has 0 saturated heterocycles. The summed E-state index contributed by atoms with van der Waals surface area (Å²) in [6.07, 6.45) is 3.76. The Morgan fingerprint density at radius 2 is 2.12 bits per heavy atom. The van der Waals surface area contributed by atoms with Gasteiger partial charge in [-0.15, -0.1) is 0 Å². The van der Waals surface area contributed by atoms with Crippen molar-refractivity contribution in [3.8, 4) is 0 Å². The van der Waals surface area contributed by atoms with Gasteiger partial charge in [0.1, 0.15) is 0 Å². The number of aryl methyl sites for hydroxylation is 1. The number of urea groups is 1. The predicted octanol–water partition coefficient (Wildman–Crippen LogP) is 2.55. The van der Waals surface area contributed by atoms with Gasteiger partial charge in [-0.2, -0.15) is 5.10 Å². The molecule has 1 heterocycles. The Bertz CT molecular complexity index is 698. The SMILES string of the molecule is CO[C@H](C)c1cccc(NC(=O)NC[C@@H](c2cnn(C)c2)N(C)C)c1. The Hall–Kier alpha value is -2.38. The molecule has 0 bridgehead atoms. The van der Waals surface area contributed by atoms with Crippen molar-refractivity contribution in [3.05, 3.63) is 47.8 Å². The number of rotatable bonds is 7. The van der Waals surface area contributed by atoms with Crippen LogP contribution in [0.4, 0.5) is 10.5 Å². The van der Waals surface area contributed by atoms with E-state index < -0.39 is 0 Å². The average Bonchev–Trinajstić information content (AvgIpc) is 3.00. The Balaban J connectivity index is 1.95. The van der Waals surface area contributed by atoms with E-state index >= 15 is 0 Å². The van der Waals surface area contributed by atoms with Crippen molar-refractivity contribution in [2.24, 2.45) is 7.05 Å². The molecule has 0 radical (unpaired) electrons. The highest BCUT2D eigenvalue weighted by molar-refractivity contribution is 5.89. The van der Waals surface area contributed by atoms with E-state index in [1.54, 1.807) is 11.8 Å². The van der Waals surface area contributed by atoms with Gasteiger partial charge in [-0.25, -0.2) is 4.79 Å². The van der Waals surface area contributed by atoms with Crippen LogP contribution in [0, 0.1) is 0 Å². The summed E-state index contributed by atoms with van der Waals surface area (Å²) in [4.78, 5) is 14.3. The summed E-state index contributed by atoms with van der Waals surface area (Å²) in [5.41, 5.74) is 2.81. The van der Waals surface area contributed by atoms with Crippen LogP contribution in [0.2, 0.25) is 0 Å². The van der Waals surface area contributed by atoms with Crippen LogP contribution >= 0.6 is 0 Å². The zero-order valence-electron chi connectivity index (χ0n) is 15.5. The molecule has 0 aliphatic carbocycles. The number of hydrogen-bond donors (Lipinski definition) is 2. The summed E-state index contributed by atoms with van der Waals surface area (Å²) in [6.45, 7) is 2.45. The summed E-state index contributed by atoms with van der Waals surface area (Å²) < 4.78 is 7.07. The minimum atomic E-state index is -0.238. The third kappa shape index (κ3) is 5.30. The molecule has 2 aromatic rings. The number of amides is 2. The number of nitrogens with zero attached hydrogens (tertiary/aromatic N) is 3. The Morgan fingerprint density at radius 1 is 1.36 bits per heavy atom. The maximum absolute atomic E-state index is 12.2. The van der Waals surface area contributed by atoms with Gasteiger partial charge in [-0.05, 0) is 38.7 Å². The zero-order valence-corrected chi connectivity index (χ0v) is 15.5. The topological polar surface area (TPSA) is 71.4 Å². The first-order chi connectivity index (χ1) is 11.9. The molecule has 136 valence electrons. The van der Waals surface area contributed by atoms with Gasteiger partial charge in [0, 0.05) is 38.1 Å². The largest absolute Gasteiger partial charge is 0.377 e. The lowest BCUT2D eigenvalue weighted by Gasteiger charge is -2.23. The van der Waals surface area contributed by atoms with E-state index in [1.807, 2.05) is 64.7 Å². The summed E-state index contributed by atoms with van der Waals surface area (Å²) in [5, 5.41) is 9.99. The molecule has 0 saturated carbocycles. The quantitative estimate of drug-likeness (QED) is 0.809. The molecule has 0 fully saturated rings. The third-order valence-corrected chi connectivity index (χ3v) is 4.16. The number of aromatic nitrogens is 2. The lowest BCUT2D eigenvalue weighted by molar-refractivity contribution is 0.119. The lowest BCUT2D eigenvalue weighted by Crippen LogP contribution is -2.36. The van der Waals surface area contributed by atoms with Gasteiger partial charge in [-0.1, -0.05) is 12.1 Å². The molecule has 1 aromatic heterocycles. The number of nitrogens with one attached hydrogen (secondary N) is 2. The van der Waals surface area contributed by atoms with Gasteiger partial charge in [0.15, 0.2) is 0 Å². The number of ether oxygens (including phenoxy) is 1. The van der Waals surface area contributed by atoms with Crippen molar-refractivity contribution in [2.45, 2.75) is 19.1 Å². The lowest BCUT2D eigenvalue weighted by atomic mass is 10.1. The van der Waals surface area contributed by atoms with Crippen LogP contribution in [-0.4, -0.2) is 48.5 Å². The minimum Gasteiger partial charge on any atom is -0.377 e. The van der Waals surface area contributed by atoms with Gasteiger partial charge in [0.2, 0.25) is 0 Å². The number of hydrogen-bond acceptors (Lipinski definition) is 4. The van der Waals surface area contributed by atoms with Crippen molar-refractivity contribution in [1.82, 2.24) is 20.0 Å². The number of carbonyl (C=O) groups excluding carboxylic acids is 1. The van der Waals surface area contributed by atoms with E-state index in [-0.39, 0.29) is 18.2 Å². The molecule has 0 spiro atoms. The van der Waals surface area contributed by atoms with Crippen molar-refractivity contribution in [2.75, 3.05) is 33.1 Å². The first kappa shape index (κ1) is 19.0. The molecule has 0 aliphatic heterocycles. The van der Waals surface area contributed by atoms with E-state index in [1.165, 1.54) is 0 Å². The van der Waals surface area contributed by atoms with Crippen LogP contribution in [-0.2, 0) is 11.8 Å². The predicted molar refractivity (Wildman–Crippen MR) is 98.5 cm³/mol. The van der Waals surface area contributed by atoms with Gasteiger partial charge >= 0.3 is 6.03 Å². The van der Waals surface area contributed by atoms with E-state index in [0.29, 0.717) is 6.54 Å². The molecule has 2 atom stereocenters. The molecule has 25 heavy (non-hydrogen) atoms. The first-order valence-corrected chi connectivity index (χ1v) is 8.23. The smallest absolute Gasteiger partial charge is 0.319 e. The number of methoxy groups -OCH3 is 1.